The number of phenols is 1. The number of aliphatic hydroxyl groups excluding tert-OH is 1. The van der Waals surface area contributed by atoms with E-state index in [9.17, 15) is 0 Å². The number of nitrogens with one attached hydrogen (secondary N) is 1. The molecule has 0 aromatic heterocycles. The first-order chi connectivity index (χ1) is 6.22. The second-order valence-corrected chi connectivity index (χ2v) is 3.13. The Kier molecular flexibility index (Phi) is 3.73. The van der Waals surface area contributed by atoms with Crippen molar-refractivity contribution in [1.82, 2.24) is 5.32 Å². The summed E-state index contributed by atoms with van der Waals surface area (Å²) in [5.41, 5.74) is 1.10. The second kappa shape index (κ2) is 4.84. The summed E-state index contributed by atoms with van der Waals surface area (Å²) in [4.78, 5) is 0. The smallest absolute Gasteiger partial charge is 0.115 e. The van der Waals surface area contributed by atoms with Crippen LogP contribution in [0, 0.1) is 0 Å². The number of hydrogen-bond acceptors (Lipinski definition) is 3. The lowest BCUT2D eigenvalue weighted by molar-refractivity contribution is 0.251. The Balaban J connectivity index is 2.41. The Hall–Kier alpha value is -1.06. The van der Waals surface area contributed by atoms with Crippen molar-refractivity contribution in [3.8, 4) is 5.75 Å². The molecule has 13 heavy (non-hydrogen) atoms. The number of phenolic OH excluding ortho intramolecular Hbond substituents is 1. The minimum absolute atomic E-state index is 0.105. The highest BCUT2D eigenvalue weighted by atomic mass is 16.3. The summed E-state index contributed by atoms with van der Waals surface area (Å²) in [6.45, 7) is 2.76. The molecular weight excluding hydrogens is 166 g/mol. The van der Waals surface area contributed by atoms with Gasteiger partial charge in [-0.3, -0.25) is 0 Å². The van der Waals surface area contributed by atoms with E-state index in [4.69, 9.17) is 10.2 Å². The summed E-state index contributed by atoms with van der Waals surface area (Å²) < 4.78 is 0. The highest BCUT2D eigenvalue weighted by Gasteiger charge is 1.98. The molecule has 0 heterocycles. The van der Waals surface area contributed by atoms with Crippen LogP contribution in [0.1, 0.15) is 12.5 Å². The molecule has 0 spiro atoms. The van der Waals surface area contributed by atoms with Crippen LogP contribution in [0.25, 0.3) is 0 Å². The van der Waals surface area contributed by atoms with Crippen LogP contribution in [0.4, 0.5) is 0 Å². The number of aliphatic hydroxyl groups is 1. The van der Waals surface area contributed by atoms with Crippen LogP contribution in [0.3, 0.4) is 0 Å². The van der Waals surface area contributed by atoms with Crippen LogP contribution in [-0.2, 0) is 6.54 Å². The van der Waals surface area contributed by atoms with Crippen molar-refractivity contribution < 1.29 is 10.2 Å². The summed E-state index contributed by atoms with van der Waals surface area (Å²) in [7, 11) is 0. The van der Waals surface area contributed by atoms with Crippen LogP contribution in [0.2, 0.25) is 0 Å². The molecule has 1 atom stereocenters. The highest BCUT2D eigenvalue weighted by Crippen LogP contribution is 2.09. The van der Waals surface area contributed by atoms with E-state index < -0.39 is 0 Å². The van der Waals surface area contributed by atoms with Crippen LogP contribution >= 0.6 is 0 Å². The number of aromatic hydroxyl groups is 1. The van der Waals surface area contributed by atoms with Gasteiger partial charge >= 0.3 is 0 Å². The largest absolute Gasteiger partial charge is 0.508 e. The fourth-order valence-corrected chi connectivity index (χ4v) is 0.970. The van der Waals surface area contributed by atoms with Crippen molar-refractivity contribution in [2.75, 3.05) is 6.61 Å². The summed E-state index contributed by atoms with van der Waals surface area (Å²) in [6, 6.07) is 7.12. The number of hydrogen-bond donors (Lipinski definition) is 3. The predicted octanol–water partition coefficient (Wildman–Crippen LogP) is 0.863. The van der Waals surface area contributed by atoms with E-state index in [1.807, 2.05) is 19.1 Å². The maximum Gasteiger partial charge on any atom is 0.115 e. The molecule has 0 amide bonds. The van der Waals surface area contributed by atoms with Crippen LogP contribution in [0.15, 0.2) is 24.3 Å². The predicted molar refractivity (Wildman–Crippen MR) is 51.5 cm³/mol. The lowest BCUT2D eigenvalue weighted by Crippen LogP contribution is -2.28. The normalized spacial score (nSPS) is 12.8. The quantitative estimate of drug-likeness (QED) is 0.646. The standard InChI is InChI=1S/C10H15NO2/c1-8(7-12)11-6-9-2-4-10(13)5-3-9/h2-5,8,11-13H,6-7H2,1H3. The molecule has 0 saturated heterocycles. The fourth-order valence-electron chi connectivity index (χ4n) is 0.970. The van der Waals surface area contributed by atoms with E-state index in [1.165, 1.54) is 0 Å². The van der Waals surface area contributed by atoms with Crippen molar-refractivity contribution in [2.24, 2.45) is 0 Å². The van der Waals surface area contributed by atoms with Crippen LogP contribution < -0.4 is 5.32 Å². The molecule has 0 aliphatic heterocycles. The maximum absolute atomic E-state index is 9.02. The Labute approximate surface area is 78.0 Å². The first-order valence-electron chi connectivity index (χ1n) is 4.34. The van der Waals surface area contributed by atoms with Crippen molar-refractivity contribution in [1.29, 1.82) is 0 Å². The third kappa shape index (κ3) is 3.44. The van der Waals surface area contributed by atoms with Crippen molar-refractivity contribution in [2.45, 2.75) is 19.5 Å². The van der Waals surface area contributed by atoms with Gasteiger partial charge in [0.25, 0.3) is 0 Å². The molecule has 0 saturated carbocycles. The molecule has 1 unspecified atom stereocenters. The average Bonchev–Trinajstić information content (AvgIpc) is 2.16. The molecule has 0 fully saturated rings. The molecular formula is C10H15NO2. The third-order valence-corrected chi connectivity index (χ3v) is 1.86. The van der Waals surface area contributed by atoms with Crippen LogP contribution in [0.5, 0.6) is 5.75 Å². The molecule has 1 aromatic rings. The molecule has 3 N–H and O–H groups in total. The topological polar surface area (TPSA) is 52.5 Å². The summed E-state index contributed by atoms with van der Waals surface area (Å²) >= 11 is 0. The first-order valence-corrected chi connectivity index (χ1v) is 4.34. The van der Waals surface area contributed by atoms with Crippen LogP contribution in [-0.4, -0.2) is 22.9 Å². The SMILES string of the molecule is CC(CO)NCc1ccc(O)cc1. The molecule has 1 aromatic carbocycles. The molecule has 0 radical (unpaired) electrons. The van der Waals surface area contributed by atoms with Gasteiger partial charge in [0.05, 0.1) is 6.61 Å². The Bertz CT molecular complexity index is 246. The Morgan fingerprint density at radius 1 is 1.31 bits per heavy atom. The molecule has 72 valence electrons. The second-order valence-electron chi connectivity index (χ2n) is 3.13. The maximum atomic E-state index is 9.02. The van der Waals surface area contributed by atoms with Gasteiger partial charge in [-0.05, 0) is 24.6 Å². The molecule has 0 aliphatic rings. The average molecular weight is 181 g/mol. The Morgan fingerprint density at radius 3 is 2.46 bits per heavy atom. The van der Waals surface area contributed by atoms with E-state index in [2.05, 4.69) is 5.32 Å². The zero-order valence-electron chi connectivity index (χ0n) is 7.70. The van der Waals surface area contributed by atoms with E-state index in [1.54, 1.807) is 12.1 Å². The first kappa shape index (κ1) is 10.0. The molecule has 1 rings (SSSR count). The lowest BCUT2D eigenvalue weighted by Gasteiger charge is -2.10. The zero-order valence-corrected chi connectivity index (χ0v) is 7.70. The van der Waals surface area contributed by atoms with Gasteiger partial charge < -0.3 is 15.5 Å². The summed E-state index contributed by atoms with van der Waals surface area (Å²) in [5.74, 6) is 0.277. The van der Waals surface area contributed by atoms with Crippen molar-refractivity contribution >= 4 is 0 Å². The van der Waals surface area contributed by atoms with Gasteiger partial charge in [-0.15, -0.1) is 0 Å². The van der Waals surface area contributed by atoms with Gasteiger partial charge in [0.1, 0.15) is 5.75 Å². The minimum atomic E-state index is 0.105. The van der Waals surface area contributed by atoms with Gasteiger partial charge in [-0.2, -0.15) is 0 Å². The third-order valence-electron chi connectivity index (χ3n) is 1.86. The van der Waals surface area contributed by atoms with Gasteiger partial charge in [0, 0.05) is 12.6 Å². The van der Waals surface area contributed by atoms with E-state index in [0.29, 0.717) is 6.54 Å². The highest BCUT2D eigenvalue weighted by molar-refractivity contribution is 5.25. The lowest BCUT2D eigenvalue weighted by atomic mass is 10.2. The van der Waals surface area contributed by atoms with E-state index >= 15 is 0 Å². The van der Waals surface area contributed by atoms with Crippen molar-refractivity contribution in [3.05, 3.63) is 29.8 Å². The van der Waals surface area contributed by atoms with Gasteiger partial charge in [0.15, 0.2) is 0 Å². The monoisotopic (exact) mass is 181 g/mol. The minimum Gasteiger partial charge on any atom is -0.508 e. The molecule has 0 aliphatic carbocycles. The fraction of sp³-hybridized carbons (Fsp3) is 0.400. The van der Waals surface area contributed by atoms with Gasteiger partial charge in [-0.1, -0.05) is 12.1 Å². The summed E-state index contributed by atoms with van der Waals surface area (Å²) in [6.07, 6.45) is 0. The van der Waals surface area contributed by atoms with Gasteiger partial charge in [0.2, 0.25) is 0 Å². The zero-order chi connectivity index (χ0) is 9.68. The summed E-state index contributed by atoms with van der Waals surface area (Å²) in [5, 5.41) is 20.9. The molecule has 0 bridgehead atoms. The molecule has 3 nitrogen and oxygen atoms in total. The van der Waals surface area contributed by atoms with Gasteiger partial charge in [-0.25, -0.2) is 0 Å². The number of benzene rings is 1. The van der Waals surface area contributed by atoms with Crippen molar-refractivity contribution in [3.63, 3.8) is 0 Å². The molecule has 3 heteroatoms. The van der Waals surface area contributed by atoms with E-state index in [0.717, 1.165) is 5.56 Å². The number of rotatable bonds is 4. The van der Waals surface area contributed by atoms with E-state index in [-0.39, 0.29) is 18.4 Å². The Morgan fingerprint density at radius 2 is 1.92 bits per heavy atom.